The molecule has 0 saturated heterocycles. The number of benzene rings is 1. The number of rotatable bonds is 10. The van der Waals surface area contributed by atoms with Crippen molar-refractivity contribution in [2.24, 2.45) is 0 Å². The van der Waals surface area contributed by atoms with Crippen LogP contribution in [0.3, 0.4) is 0 Å². The topological polar surface area (TPSA) is 26.3 Å². The first kappa shape index (κ1) is 21.4. The zero-order valence-corrected chi connectivity index (χ0v) is 18.9. The molecular weight excluding hydrogens is 456 g/mol. The summed E-state index contributed by atoms with van der Waals surface area (Å²) in [5.74, 6) is -0.160. The molecule has 1 aliphatic heterocycles. The van der Waals surface area contributed by atoms with Gasteiger partial charge in [0.15, 0.2) is 6.10 Å². The molecule has 0 bridgehead atoms. The predicted molar refractivity (Wildman–Crippen MR) is 116 cm³/mol. The van der Waals surface area contributed by atoms with E-state index >= 15 is 0 Å². The maximum atomic E-state index is 12.5. The van der Waals surface area contributed by atoms with Crippen LogP contribution in [0.25, 0.3) is 0 Å². The third kappa shape index (κ3) is 5.56. The smallest absolute Gasteiger partial charge is 0.335 e. The molecule has 1 aliphatic rings. The van der Waals surface area contributed by atoms with Crippen LogP contribution in [-0.4, -0.2) is 11.3 Å². The van der Waals surface area contributed by atoms with Gasteiger partial charge in [0.25, 0.3) is 0 Å². The van der Waals surface area contributed by atoms with Gasteiger partial charge in [-0.05, 0) is 42.5 Å². The van der Waals surface area contributed by atoms with Crippen LogP contribution in [0.5, 0.6) is 0 Å². The molecule has 0 amide bonds. The fourth-order valence-electron chi connectivity index (χ4n) is 3.31. The SMILES string of the molecule is CCCCCC/C=C(\CBr)C1=C(CCC)C(=O)OC1c1ccc(Br)cc1. The molecule has 142 valence electrons. The Morgan fingerprint density at radius 3 is 2.46 bits per heavy atom. The number of carbonyl (C=O) groups is 1. The summed E-state index contributed by atoms with van der Waals surface area (Å²) in [6.07, 6.45) is 9.73. The second-order valence-corrected chi connectivity index (χ2v) is 8.17. The van der Waals surface area contributed by atoms with Crippen LogP contribution in [0.4, 0.5) is 0 Å². The Balaban J connectivity index is 2.32. The minimum absolute atomic E-state index is 0.160. The highest BCUT2D eigenvalue weighted by Gasteiger charge is 2.35. The molecular formula is C22H28Br2O2. The maximum absolute atomic E-state index is 12.5. The van der Waals surface area contributed by atoms with Crippen molar-refractivity contribution in [3.05, 3.63) is 57.1 Å². The minimum atomic E-state index is -0.295. The van der Waals surface area contributed by atoms with Gasteiger partial charge in [-0.1, -0.05) is 89.6 Å². The lowest BCUT2D eigenvalue weighted by Gasteiger charge is -2.17. The minimum Gasteiger partial charge on any atom is -0.449 e. The van der Waals surface area contributed by atoms with Crippen LogP contribution in [0.2, 0.25) is 0 Å². The summed E-state index contributed by atoms with van der Waals surface area (Å²) in [5, 5.41) is 0.743. The molecule has 1 unspecified atom stereocenters. The molecule has 0 spiro atoms. The molecule has 1 aromatic rings. The number of halogens is 2. The molecule has 0 aliphatic carbocycles. The van der Waals surface area contributed by atoms with E-state index in [1.807, 2.05) is 24.3 Å². The van der Waals surface area contributed by atoms with Crippen LogP contribution in [-0.2, 0) is 9.53 Å². The molecule has 26 heavy (non-hydrogen) atoms. The lowest BCUT2D eigenvalue weighted by Crippen LogP contribution is -2.05. The zero-order chi connectivity index (χ0) is 18.9. The summed E-state index contributed by atoms with van der Waals surface area (Å²) < 4.78 is 6.83. The van der Waals surface area contributed by atoms with Crippen molar-refractivity contribution in [2.75, 3.05) is 5.33 Å². The van der Waals surface area contributed by atoms with Gasteiger partial charge in [0.1, 0.15) is 0 Å². The third-order valence-corrected chi connectivity index (χ3v) is 5.80. The summed E-state index contributed by atoms with van der Waals surface area (Å²) in [4.78, 5) is 12.5. The standard InChI is InChI=1S/C22H28Br2O2/c1-3-5-6-7-8-10-17(15-23)20-19(9-4-2)22(25)26-21(20)16-11-13-18(24)14-12-16/h10-14,21H,3-9,15H2,1-2H3/b17-10+. The Bertz CT molecular complexity index is 659. The summed E-state index contributed by atoms with van der Waals surface area (Å²) in [7, 11) is 0. The number of ether oxygens (including phenoxy) is 1. The zero-order valence-electron chi connectivity index (χ0n) is 15.7. The molecule has 0 saturated carbocycles. The highest BCUT2D eigenvalue weighted by molar-refractivity contribution is 9.10. The van der Waals surface area contributed by atoms with E-state index in [1.54, 1.807) is 0 Å². The highest BCUT2D eigenvalue weighted by Crippen LogP contribution is 2.41. The van der Waals surface area contributed by atoms with Gasteiger partial charge in [-0.3, -0.25) is 0 Å². The summed E-state index contributed by atoms with van der Waals surface area (Å²) >= 11 is 7.12. The van der Waals surface area contributed by atoms with Crippen molar-refractivity contribution in [1.29, 1.82) is 0 Å². The van der Waals surface area contributed by atoms with Crippen LogP contribution >= 0.6 is 31.9 Å². The largest absolute Gasteiger partial charge is 0.449 e. The quantitative estimate of drug-likeness (QED) is 0.196. The van der Waals surface area contributed by atoms with Crippen molar-refractivity contribution in [3.63, 3.8) is 0 Å². The lowest BCUT2D eigenvalue weighted by molar-refractivity contribution is -0.140. The van der Waals surface area contributed by atoms with Crippen LogP contribution in [0, 0.1) is 0 Å². The normalized spacial score (nSPS) is 17.8. The van der Waals surface area contributed by atoms with Crippen LogP contribution < -0.4 is 0 Å². The van der Waals surface area contributed by atoms with Gasteiger partial charge in [-0.15, -0.1) is 0 Å². The molecule has 0 radical (unpaired) electrons. The van der Waals surface area contributed by atoms with Crippen LogP contribution in [0.15, 0.2) is 51.5 Å². The van der Waals surface area contributed by atoms with E-state index in [0.717, 1.165) is 45.8 Å². The number of carbonyl (C=O) groups excluding carboxylic acids is 1. The Morgan fingerprint density at radius 2 is 1.85 bits per heavy atom. The van der Waals surface area contributed by atoms with Crippen molar-refractivity contribution >= 4 is 37.8 Å². The third-order valence-electron chi connectivity index (χ3n) is 4.67. The molecule has 1 heterocycles. The molecule has 2 nitrogen and oxygen atoms in total. The van der Waals surface area contributed by atoms with E-state index in [1.165, 1.54) is 31.3 Å². The Labute approximate surface area is 174 Å². The van der Waals surface area contributed by atoms with E-state index in [2.05, 4.69) is 51.8 Å². The van der Waals surface area contributed by atoms with E-state index in [-0.39, 0.29) is 12.1 Å². The van der Waals surface area contributed by atoms with Gasteiger partial charge < -0.3 is 4.74 Å². The predicted octanol–water partition coefficient (Wildman–Crippen LogP) is 7.44. The van der Waals surface area contributed by atoms with Crippen LogP contribution in [0.1, 0.15) is 70.5 Å². The van der Waals surface area contributed by atoms with E-state index in [9.17, 15) is 4.79 Å². The first-order valence-electron chi connectivity index (χ1n) is 9.57. The molecule has 4 heteroatoms. The average Bonchev–Trinajstić information content (AvgIpc) is 2.96. The molecule has 0 aromatic heterocycles. The van der Waals surface area contributed by atoms with E-state index in [0.29, 0.717) is 0 Å². The second-order valence-electron chi connectivity index (χ2n) is 6.69. The highest BCUT2D eigenvalue weighted by atomic mass is 79.9. The molecule has 0 N–H and O–H groups in total. The second kappa shape index (κ2) is 11.1. The summed E-state index contributed by atoms with van der Waals surface area (Å²) in [6, 6.07) is 8.07. The van der Waals surface area contributed by atoms with Gasteiger partial charge in [-0.25, -0.2) is 4.79 Å². The van der Waals surface area contributed by atoms with Crippen molar-refractivity contribution in [2.45, 2.75) is 64.9 Å². The number of hydrogen-bond acceptors (Lipinski definition) is 2. The van der Waals surface area contributed by atoms with Gasteiger partial charge in [0, 0.05) is 20.9 Å². The van der Waals surface area contributed by atoms with Crippen molar-refractivity contribution in [3.8, 4) is 0 Å². The van der Waals surface area contributed by atoms with E-state index in [4.69, 9.17) is 4.74 Å². The van der Waals surface area contributed by atoms with Crippen molar-refractivity contribution in [1.82, 2.24) is 0 Å². The van der Waals surface area contributed by atoms with Gasteiger partial charge >= 0.3 is 5.97 Å². The fourth-order valence-corrected chi connectivity index (χ4v) is 4.11. The molecule has 1 aromatic carbocycles. The van der Waals surface area contributed by atoms with Crippen molar-refractivity contribution < 1.29 is 9.53 Å². The first-order valence-corrected chi connectivity index (χ1v) is 11.5. The van der Waals surface area contributed by atoms with E-state index < -0.39 is 0 Å². The number of hydrogen-bond donors (Lipinski definition) is 0. The number of alkyl halides is 1. The first-order chi connectivity index (χ1) is 12.6. The molecule has 0 fully saturated rings. The fraction of sp³-hybridized carbons (Fsp3) is 0.500. The van der Waals surface area contributed by atoms with Gasteiger partial charge in [-0.2, -0.15) is 0 Å². The number of unbranched alkanes of at least 4 members (excludes halogenated alkanes) is 4. The number of cyclic esters (lactones) is 1. The average molecular weight is 484 g/mol. The summed E-state index contributed by atoms with van der Waals surface area (Å²) in [6.45, 7) is 4.33. The summed E-state index contributed by atoms with van der Waals surface area (Å²) in [5.41, 5.74) is 4.15. The van der Waals surface area contributed by atoms with Gasteiger partial charge in [0.2, 0.25) is 0 Å². The number of allylic oxidation sites excluding steroid dienone is 1. The molecule has 1 atom stereocenters. The van der Waals surface area contributed by atoms with Gasteiger partial charge in [0.05, 0.1) is 0 Å². The molecule has 2 rings (SSSR count). The maximum Gasteiger partial charge on any atom is 0.335 e. The lowest BCUT2D eigenvalue weighted by atomic mass is 9.91. The number of esters is 1. The Morgan fingerprint density at radius 1 is 1.12 bits per heavy atom. The monoisotopic (exact) mass is 482 g/mol. The Hall–Kier alpha value is -0.870. The Kier molecular flexibility index (Phi) is 9.13.